The van der Waals surface area contributed by atoms with E-state index in [4.69, 9.17) is 0 Å². The van der Waals surface area contributed by atoms with Crippen molar-refractivity contribution in [3.63, 3.8) is 0 Å². The van der Waals surface area contributed by atoms with E-state index in [1.807, 2.05) is 48.6 Å². The van der Waals surface area contributed by atoms with Crippen LogP contribution in [0.4, 0.5) is 0 Å². The van der Waals surface area contributed by atoms with Crippen molar-refractivity contribution in [2.75, 3.05) is 0 Å². The van der Waals surface area contributed by atoms with E-state index in [1.54, 1.807) is 24.3 Å². The molecular formula is C96H144O24. The lowest BCUT2D eigenvalue weighted by Crippen LogP contribution is -2.05. The molecule has 0 aromatic rings. The van der Waals surface area contributed by atoms with E-state index in [0.29, 0.717) is 25.7 Å². The fraction of sp³-hybridized carbons (Fsp3) is 0.667. The molecule has 0 spiro atoms. The first kappa shape index (κ1) is 109. The minimum absolute atomic E-state index is 0.213. The Hall–Kier alpha value is -8.96. The number of carbonyl (C=O) groups excluding carboxylic acids is 16. The number of ether oxygens (including phenoxy) is 8. The monoisotopic (exact) mass is 1680 g/mol. The Balaban J connectivity index is 0.000000686. The van der Waals surface area contributed by atoms with Gasteiger partial charge in [-0.15, -0.1) is 0 Å². The van der Waals surface area contributed by atoms with Crippen molar-refractivity contribution >= 4 is 95.5 Å². The van der Waals surface area contributed by atoms with E-state index < -0.39 is 47.8 Å². The van der Waals surface area contributed by atoms with Crippen LogP contribution in [0.25, 0.3) is 0 Å². The average Bonchev–Trinajstić information content (AvgIpc) is 1.82. The Labute approximate surface area is 714 Å². The number of carbonyl (C=O) groups is 16. The molecule has 0 aromatic carbocycles. The zero-order valence-corrected chi connectivity index (χ0v) is 73.6. The molecule has 24 heteroatoms. The van der Waals surface area contributed by atoms with Gasteiger partial charge in [-0.1, -0.05) is 281 Å². The van der Waals surface area contributed by atoms with Gasteiger partial charge in [0.25, 0.3) is 0 Å². The summed E-state index contributed by atoms with van der Waals surface area (Å²) in [5.41, 5.74) is 0. The lowest BCUT2D eigenvalue weighted by atomic mass is 10.0. The third-order valence-electron chi connectivity index (χ3n) is 20.1. The minimum Gasteiger partial charge on any atom is -0.393 e. The van der Waals surface area contributed by atoms with Crippen molar-refractivity contribution in [3.8, 4) is 0 Å². The van der Waals surface area contributed by atoms with Crippen molar-refractivity contribution < 1.29 is 115 Å². The van der Waals surface area contributed by atoms with Crippen molar-refractivity contribution in [2.45, 2.75) is 364 Å². The molecule has 8 aliphatic rings. The summed E-state index contributed by atoms with van der Waals surface area (Å²) in [6, 6.07) is 0. The Morgan fingerprint density at radius 3 is 0.483 bits per heavy atom. The van der Waals surface area contributed by atoms with Gasteiger partial charge >= 0.3 is 95.5 Å². The lowest BCUT2D eigenvalue weighted by molar-refractivity contribution is -0.154. The van der Waals surface area contributed by atoms with Crippen LogP contribution in [0.3, 0.4) is 0 Å². The Kier molecular flexibility index (Phi) is 65.2. The van der Waals surface area contributed by atoms with Gasteiger partial charge < -0.3 is 37.9 Å². The summed E-state index contributed by atoms with van der Waals surface area (Å²) in [4.78, 5) is 175. The minimum atomic E-state index is -0.402. The molecule has 120 heavy (non-hydrogen) atoms. The molecule has 672 valence electrons. The summed E-state index contributed by atoms with van der Waals surface area (Å²) < 4.78 is 35.6. The van der Waals surface area contributed by atoms with Gasteiger partial charge in [0.15, 0.2) is 0 Å². The van der Waals surface area contributed by atoms with E-state index in [9.17, 15) is 76.7 Å². The largest absolute Gasteiger partial charge is 0.393 e. The first-order valence-corrected chi connectivity index (χ1v) is 45.1. The molecule has 0 saturated carbocycles. The van der Waals surface area contributed by atoms with E-state index in [0.717, 1.165) is 77.0 Å². The fourth-order valence-corrected chi connectivity index (χ4v) is 12.7. The highest BCUT2D eigenvalue weighted by Crippen LogP contribution is 2.26. The van der Waals surface area contributed by atoms with Gasteiger partial charge in [0.1, 0.15) is 0 Å². The summed E-state index contributed by atoms with van der Waals surface area (Å²) in [7, 11) is 0. The highest BCUT2D eigenvalue weighted by Gasteiger charge is 2.37. The maximum atomic E-state index is 11.1. The van der Waals surface area contributed by atoms with Crippen molar-refractivity contribution in [3.05, 3.63) is 97.2 Å². The highest BCUT2D eigenvalue weighted by molar-refractivity contribution is 5.99. The fourth-order valence-electron chi connectivity index (χ4n) is 12.7. The highest BCUT2D eigenvalue weighted by atomic mass is 16.6. The number of esters is 16. The standard InChI is InChI=1S/8C12H18O3/c8*1-2-3-4-5-6-7-8-10-9-11(13)15-12(10)14/h4*7-8,10H,2-6,9H2,1H3;4*6-7,10H,2-5,8-9H2,1H3. The van der Waals surface area contributed by atoms with Crippen LogP contribution in [0.15, 0.2) is 97.2 Å². The first-order chi connectivity index (χ1) is 57.9. The van der Waals surface area contributed by atoms with E-state index >= 15 is 0 Å². The Morgan fingerprint density at radius 2 is 0.333 bits per heavy atom. The van der Waals surface area contributed by atoms with Gasteiger partial charge in [-0.2, -0.15) is 0 Å². The second-order valence-electron chi connectivity index (χ2n) is 31.1. The van der Waals surface area contributed by atoms with Crippen LogP contribution in [0.1, 0.15) is 364 Å². The molecule has 0 radical (unpaired) electrons. The second-order valence-corrected chi connectivity index (χ2v) is 31.1. The van der Waals surface area contributed by atoms with Crippen LogP contribution in [0.2, 0.25) is 0 Å². The maximum Gasteiger partial charge on any atom is 0.321 e. The number of unbranched alkanes of at least 4 members (excludes halogenated alkanes) is 28. The summed E-state index contributed by atoms with van der Waals surface area (Å²) in [6.07, 6.45) is 78.2. The zero-order chi connectivity index (χ0) is 88.8. The van der Waals surface area contributed by atoms with Crippen LogP contribution in [-0.4, -0.2) is 95.5 Å². The van der Waals surface area contributed by atoms with Gasteiger partial charge in [-0.25, -0.2) is 0 Å². The molecular weight excluding hydrogens is 1540 g/mol. The number of hydrogen-bond donors (Lipinski definition) is 0. The van der Waals surface area contributed by atoms with Crippen molar-refractivity contribution in [1.82, 2.24) is 0 Å². The zero-order valence-electron chi connectivity index (χ0n) is 73.6. The summed E-state index contributed by atoms with van der Waals surface area (Å²) >= 11 is 0. The third-order valence-corrected chi connectivity index (χ3v) is 20.1. The van der Waals surface area contributed by atoms with E-state index in [1.165, 1.54) is 154 Å². The predicted molar refractivity (Wildman–Crippen MR) is 457 cm³/mol. The molecule has 8 heterocycles. The van der Waals surface area contributed by atoms with Crippen LogP contribution >= 0.6 is 0 Å². The molecule has 0 aliphatic carbocycles. The van der Waals surface area contributed by atoms with Gasteiger partial charge in [0.2, 0.25) is 0 Å². The molecule has 24 nitrogen and oxygen atoms in total. The van der Waals surface area contributed by atoms with Gasteiger partial charge in [-0.05, 0) is 128 Å². The van der Waals surface area contributed by atoms with Gasteiger partial charge in [0.05, 0.1) is 98.7 Å². The topological polar surface area (TPSA) is 347 Å². The molecule has 8 rings (SSSR count). The first-order valence-electron chi connectivity index (χ1n) is 45.1. The van der Waals surface area contributed by atoms with Crippen LogP contribution < -0.4 is 0 Å². The summed E-state index contributed by atoms with van der Waals surface area (Å²) in [5, 5.41) is 0. The summed E-state index contributed by atoms with van der Waals surface area (Å²) in [6.45, 7) is 17.4. The summed E-state index contributed by atoms with van der Waals surface area (Å²) in [5.74, 6) is -8.46. The van der Waals surface area contributed by atoms with Gasteiger partial charge in [-0.3, -0.25) is 76.7 Å². The molecule has 8 unspecified atom stereocenters. The number of rotatable bonds is 48. The van der Waals surface area contributed by atoms with Crippen LogP contribution in [-0.2, 0) is 115 Å². The average molecular weight is 1680 g/mol. The Bertz CT molecular complexity index is 2910. The number of cyclic esters (lactones) is 16. The predicted octanol–water partition coefficient (Wildman–Crippen LogP) is 20.8. The second kappa shape index (κ2) is 71.7. The number of hydrogen-bond acceptors (Lipinski definition) is 24. The van der Waals surface area contributed by atoms with Crippen molar-refractivity contribution in [1.29, 1.82) is 0 Å². The SMILES string of the molecule is CCCCCC=CCC1CC(=O)OC1=O.CCCCCC=CCC1CC(=O)OC1=O.CCCCCC=CCC1CC(=O)OC1=O.CCCCCC=CCC1CC(=O)OC1=O.CCCCCCC=CC1CC(=O)OC1=O.CCCCCCC=CC1CC(=O)OC1=O.CCCCCCC=CC1CC(=O)OC1=O.CCCCCCC=CC1CC(=O)OC1=O. The smallest absolute Gasteiger partial charge is 0.321 e. The van der Waals surface area contributed by atoms with Crippen LogP contribution in [0.5, 0.6) is 0 Å². The van der Waals surface area contributed by atoms with E-state index in [2.05, 4.69) is 118 Å². The van der Waals surface area contributed by atoms with Crippen molar-refractivity contribution in [2.24, 2.45) is 47.3 Å². The molecule has 0 bridgehead atoms. The normalized spacial score (nSPS) is 21.3. The molecule has 0 amide bonds. The molecule has 0 aromatic heterocycles. The quantitative estimate of drug-likeness (QED) is 0.0179. The van der Waals surface area contributed by atoms with Gasteiger partial charge in [0, 0.05) is 0 Å². The van der Waals surface area contributed by atoms with Crippen LogP contribution in [0, 0.1) is 47.3 Å². The molecule has 8 saturated heterocycles. The maximum absolute atomic E-state index is 11.1. The molecule has 8 atom stereocenters. The third kappa shape index (κ3) is 55.8. The van der Waals surface area contributed by atoms with E-state index in [-0.39, 0.29) is 146 Å². The molecule has 8 aliphatic heterocycles. The molecule has 0 N–H and O–H groups in total. The Morgan fingerprint density at radius 1 is 0.183 bits per heavy atom. The number of allylic oxidation sites excluding steroid dienone is 12. The molecule has 8 fully saturated rings. The lowest BCUT2D eigenvalue weighted by Gasteiger charge is -1.98.